The molecule has 0 fully saturated rings. The van der Waals surface area contributed by atoms with Crippen LogP contribution in [-0.4, -0.2) is 14.2 Å². The van der Waals surface area contributed by atoms with E-state index in [2.05, 4.69) is 0 Å². The molecule has 3 aromatic rings. The standard InChI is InChI=1S/C17H14O4/c1-19-12-7-11(8-13(9-12)20-2)17-10-15(18)14-5-3-4-6-16(14)21-17/h3-10H,1-2H3. The third-order valence-corrected chi connectivity index (χ3v) is 3.27. The number of ether oxygens (including phenoxy) is 2. The fourth-order valence-electron chi connectivity index (χ4n) is 2.20. The minimum atomic E-state index is -0.0753. The molecule has 4 nitrogen and oxygen atoms in total. The molecule has 0 atom stereocenters. The second-order valence-corrected chi connectivity index (χ2v) is 4.57. The first-order valence-electron chi connectivity index (χ1n) is 6.47. The van der Waals surface area contributed by atoms with Crippen LogP contribution in [0.25, 0.3) is 22.3 Å². The molecule has 0 saturated carbocycles. The molecular formula is C17H14O4. The highest BCUT2D eigenvalue weighted by molar-refractivity contribution is 5.78. The van der Waals surface area contributed by atoms with Crippen LogP contribution < -0.4 is 14.9 Å². The van der Waals surface area contributed by atoms with Gasteiger partial charge in [0.25, 0.3) is 0 Å². The monoisotopic (exact) mass is 282 g/mol. The number of benzene rings is 2. The molecule has 0 N–H and O–H groups in total. The molecule has 3 rings (SSSR count). The van der Waals surface area contributed by atoms with Crippen LogP contribution in [-0.2, 0) is 0 Å². The zero-order valence-electron chi connectivity index (χ0n) is 11.8. The molecule has 0 bridgehead atoms. The fourth-order valence-corrected chi connectivity index (χ4v) is 2.20. The van der Waals surface area contributed by atoms with Gasteiger partial charge in [-0.1, -0.05) is 12.1 Å². The Morgan fingerprint density at radius 1 is 0.905 bits per heavy atom. The molecule has 0 spiro atoms. The first-order chi connectivity index (χ1) is 10.2. The molecule has 0 aliphatic heterocycles. The van der Waals surface area contributed by atoms with Crippen LogP contribution in [0, 0.1) is 0 Å². The van der Waals surface area contributed by atoms with Gasteiger partial charge in [0.1, 0.15) is 22.8 Å². The summed E-state index contributed by atoms with van der Waals surface area (Å²) in [5.41, 5.74) is 1.21. The van der Waals surface area contributed by atoms with Crippen molar-refractivity contribution < 1.29 is 13.9 Å². The molecule has 4 heteroatoms. The van der Waals surface area contributed by atoms with Gasteiger partial charge in [-0.15, -0.1) is 0 Å². The number of rotatable bonds is 3. The van der Waals surface area contributed by atoms with Crippen molar-refractivity contribution >= 4 is 11.0 Å². The van der Waals surface area contributed by atoms with E-state index in [1.54, 1.807) is 44.6 Å². The van der Waals surface area contributed by atoms with Gasteiger partial charge in [-0.3, -0.25) is 4.79 Å². The van der Waals surface area contributed by atoms with E-state index in [0.717, 1.165) is 5.56 Å². The summed E-state index contributed by atoms with van der Waals surface area (Å²) in [6.45, 7) is 0. The zero-order valence-corrected chi connectivity index (χ0v) is 11.8. The summed E-state index contributed by atoms with van der Waals surface area (Å²) in [4.78, 5) is 12.2. The van der Waals surface area contributed by atoms with Crippen LogP contribution in [0.2, 0.25) is 0 Å². The molecule has 106 valence electrons. The van der Waals surface area contributed by atoms with Crippen molar-refractivity contribution in [1.82, 2.24) is 0 Å². The summed E-state index contributed by atoms with van der Waals surface area (Å²) in [7, 11) is 3.16. The van der Waals surface area contributed by atoms with Crippen molar-refractivity contribution in [2.75, 3.05) is 14.2 Å². The van der Waals surface area contributed by atoms with Gasteiger partial charge in [0.05, 0.1) is 19.6 Å². The number of para-hydroxylation sites is 1. The van der Waals surface area contributed by atoms with E-state index in [-0.39, 0.29) is 5.43 Å². The van der Waals surface area contributed by atoms with Gasteiger partial charge in [-0.05, 0) is 24.3 Å². The maximum absolute atomic E-state index is 12.2. The van der Waals surface area contributed by atoms with Crippen LogP contribution in [0.3, 0.4) is 0 Å². The lowest BCUT2D eigenvalue weighted by Gasteiger charge is -2.08. The summed E-state index contributed by atoms with van der Waals surface area (Å²) in [6, 6.07) is 14.0. The van der Waals surface area contributed by atoms with Crippen LogP contribution in [0.4, 0.5) is 0 Å². The fraction of sp³-hybridized carbons (Fsp3) is 0.118. The predicted molar refractivity (Wildman–Crippen MR) is 81.0 cm³/mol. The summed E-state index contributed by atoms with van der Waals surface area (Å²) < 4.78 is 16.3. The Balaban J connectivity index is 2.22. The van der Waals surface area contributed by atoms with Crippen LogP contribution >= 0.6 is 0 Å². The number of hydrogen-bond donors (Lipinski definition) is 0. The van der Waals surface area contributed by atoms with Gasteiger partial charge in [0, 0.05) is 17.7 Å². The third-order valence-electron chi connectivity index (χ3n) is 3.27. The summed E-state index contributed by atoms with van der Waals surface area (Å²) >= 11 is 0. The molecule has 0 aliphatic carbocycles. The molecule has 0 unspecified atom stereocenters. The van der Waals surface area contributed by atoms with E-state index in [4.69, 9.17) is 13.9 Å². The SMILES string of the molecule is COc1cc(OC)cc(-c2cc(=O)c3ccccc3o2)c1. The van der Waals surface area contributed by atoms with Crippen molar-refractivity contribution in [3.05, 3.63) is 58.8 Å². The minimum Gasteiger partial charge on any atom is -0.497 e. The highest BCUT2D eigenvalue weighted by Gasteiger charge is 2.09. The lowest BCUT2D eigenvalue weighted by Crippen LogP contribution is -2.00. The van der Waals surface area contributed by atoms with E-state index in [0.29, 0.717) is 28.2 Å². The van der Waals surface area contributed by atoms with Crippen LogP contribution in [0.15, 0.2) is 57.7 Å². The van der Waals surface area contributed by atoms with Crippen molar-refractivity contribution in [1.29, 1.82) is 0 Å². The van der Waals surface area contributed by atoms with E-state index in [1.807, 2.05) is 12.1 Å². The Morgan fingerprint density at radius 2 is 1.57 bits per heavy atom. The topological polar surface area (TPSA) is 48.7 Å². The second kappa shape index (κ2) is 5.32. The van der Waals surface area contributed by atoms with E-state index in [9.17, 15) is 4.79 Å². The van der Waals surface area contributed by atoms with Gasteiger partial charge in [-0.25, -0.2) is 0 Å². The third kappa shape index (κ3) is 2.48. The lowest BCUT2D eigenvalue weighted by molar-refractivity contribution is 0.394. The van der Waals surface area contributed by atoms with Crippen molar-refractivity contribution in [3.8, 4) is 22.8 Å². The number of fused-ring (bicyclic) bond motifs is 1. The molecule has 0 aliphatic rings. The first-order valence-corrected chi connectivity index (χ1v) is 6.47. The Hall–Kier alpha value is -2.75. The van der Waals surface area contributed by atoms with E-state index in [1.165, 1.54) is 6.07 Å². The summed E-state index contributed by atoms with van der Waals surface area (Å²) in [5.74, 6) is 1.76. The Morgan fingerprint density at radius 3 is 2.24 bits per heavy atom. The maximum Gasteiger partial charge on any atom is 0.193 e. The van der Waals surface area contributed by atoms with E-state index >= 15 is 0 Å². The highest BCUT2D eigenvalue weighted by Crippen LogP contribution is 2.30. The molecule has 1 aromatic heterocycles. The summed E-state index contributed by atoms with van der Waals surface area (Å²) in [5, 5.41) is 0.566. The van der Waals surface area contributed by atoms with Gasteiger partial charge in [0.15, 0.2) is 5.43 Å². The van der Waals surface area contributed by atoms with Crippen LogP contribution in [0.1, 0.15) is 0 Å². The molecular weight excluding hydrogens is 268 g/mol. The van der Waals surface area contributed by atoms with Gasteiger partial charge < -0.3 is 13.9 Å². The van der Waals surface area contributed by atoms with Gasteiger partial charge in [0.2, 0.25) is 0 Å². The van der Waals surface area contributed by atoms with Gasteiger partial charge >= 0.3 is 0 Å². The van der Waals surface area contributed by atoms with Gasteiger partial charge in [-0.2, -0.15) is 0 Å². The quantitative estimate of drug-likeness (QED) is 0.738. The highest BCUT2D eigenvalue weighted by atomic mass is 16.5. The number of hydrogen-bond acceptors (Lipinski definition) is 4. The molecule has 21 heavy (non-hydrogen) atoms. The van der Waals surface area contributed by atoms with Crippen LogP contribution in [0.5, 0.6) is 11.5 Å². The molecule has 1 heterocycles. The minimum absolute atomic E-state index is 0.0753. The Bertz CT molecular complexity index is 827. The maximum atomic E-state index is 12.2. The molecule has 0 amide bonds. The Kier molecular flexibility index (Phi) is 3.36. The largest absolute Gasteiger partial charge is 0.497 e. The predicted octanol–water partition coefficient (Wildman–Crippen LogP) is 3.48. The molecule has 0 saturated heterocycles. The average molecular weight is 282 g/mol. The smallest absolute Gasteiger partial charge is 0.193 e. The number of methoxy groups -OCH3 is 2. The van der Waals surface area contributed by atoms with E-state index < -0.39 is 0 Å². The average Bonchev–Trinajstić information content (AvgIpc) is 2.54. The van der Waals surface area contributed by atoms with Crippen molar-refractivity contribution in [3.63, 3.8) is 0 Å². The van der Waals surface area contributed by atoms with Crippen molar-refractivity contribution in [2.45, 2.75) is 0 Å². The zero-order chi connectivity index (χ0) is 14.8. The first kappa shape index (κ1) is 13.2. The lowest BCUT2D eigenvalue weighted by atomic mass is 10.1. The Labute approximate surface area is 121 Å². The van der Waals surface area contributed by atoms with Crippen molar-refractivity contribution in [2.24, 2.45) is 0 Å². The summed E-state index contributed by atoms with van der Waals surface area (Å²) in [6.07, 6.45) is 0. The second-order valence-electron chi connectivity index (χ2n) is 4.57. The normalized spacial score (nSPS) is 10.6. The molecule has 2 aromatic carbocycles. The molecule has 0 radical (unpaired) electrons.